The van der Waals surface area contributed by atoms with Gasteiger partial charge >= 0.3 is 0 Å². The maximum absolute atomic E-state index is 8.45. The van der Waals surface area contributed by atoms with Crippen LogP contribution in [0.3, 0.4) is 0 Å². The molecule has 0 heterocycles. The van der Waals surface area contributed by atoms with Crippen LogP contribution in [-0.2, 0) is 0 Å². The van der Waals surface area contributed by atoms with E-state index in [-0.39, 0.29) is 0 Å². The summed E-state index contributed by atoms with van der Waals surface area (Å²) in [5.74, 6) is 0. The van der Waals surface area contributed by atoms with Crippen LogP contribution in [-0.4, -0.2) is 5.54 Å². The highest BCUT2D eigenvalue weighted by Gasteiger charge is 2.28. The molecule has 0 aromatic rings. The molecule has 2 N–H and O–H groups in total. The number of rotatable bonds is 0. The Morgan fingerprint density at radius 3 is 1.90 bits per heavy atom. The van der Waals surface area contributed by atoms with Crippen molar-refractivity contribution < 1.29 is 0 Å². The second-order valence-corrected chi connectivity index (χ2v) is 2.48. The Bertz CT molecular complexity index is 118. The standard InChI is InChI=1S/C6H10N2.C2H6/c7-5-6(8)3-1-2-4-6;1-2/h1-4,8H2;1-2H3. The van der Waals surface area contributed by atoms with Crippen LogP contribution in [0.15, 0.2) is 0 Å². The number of hydrogen-bond acceptors (Lipinski definition) is 2. The maximum atomic E-state index is 8.45. The van der Waals surface area contributed by atoms with Gasteiger partial charge in [0.15, 0.2) is 0 Å². The van der Waals surface area contributed by atoms with E-state index in [0.29, 0.717) is 0 Å². The zero-order valence-corrected chi connectivity index (χ0v) is 6.85. The van der Waals surface area contributed by atoms with Crippen LogP contribution in [0.25, 0.3) is 0 Å². The van der Waals surface area contributed by atoms with E-state index in [1.54, 1.807) is 0 Å². The van der Waals surface area contributed by atoms with E-state index in [0.717, 1.165) is 25.7 Å². The highest BCUT2D eigenvalue weighted by molar-refractivity contribution is 5.07. The van der Waals surface area contributed by atoms with Crippen molar-refractivity contribution in [2.24, 2.45) is 5.73 Å². The van der Waals surface area contributed by atoms with Gasteiger partial charge in [-0.15, -0.1) is 0 Å². The number of nitrogens with two attached hydrogens (primary N) is 1. The molecule has 0 unspecified atom stereocenters. The zero-order chi connectivity index (χ0) is 8.04. The van der Waals surface area contributed by atoms with Crippen LogP contribution in [0.5, 0.6) is 0 Å². The molecular formula is C8H16N2. The van der Waals surface area contributed by atoms with Crippen molar-refractivity contribution in [3.63, 3.8) is 0 Å². The minimum absolute atomic E-state index is 0.458. The fourth-order valence-electron chi connectivity index (χ4n) is 1.12. The van der Waals surface area contributed by atoms with Crippen LogP contribution in [0.2, 0.25) is 0 Å². The van der Waals surface area contributed by atoms with Crippen LogP contribution in [0.1, 0.15) is 39.5 Å². The normalized spacial score (nSPS) is 20.6. The maximum Gasteiger partial charge on any atom is 0.104 e. The van der Waals surface area contributed by atoms with Gasteiger partial charge in [0, 0.05) is 0 Å². The van der Waals surface area contributed by atoms with Gasteiger partial charge in [-0.3, -0.25) is 0 Å². The Morgan fingerprint density at radius 2 is 1.70 bits per heavy atom. The van der Waals surface area contributed by atoms with Crippen molar-refractivity contribution in [3.8, 4) is 6.07 Å². The summed E-state index contributed by atoms with van der Waals surface area (Å²) < 4.78 is 0. The van der Waals surface area contributed by atoms with Gasteiger partial charge in [0.05, 0.1) is 6.07 Å². The molecule has 0 bridgehead atoms. The molecule has 0 aliphatic heterocycles. The number of hydrogen-bond donors (Lipinski definition) is 1. The van der Waals surface area contributed by atoms with Gasteiger partial charge in [-0.1, -0.05) is 26.7 Å². The number of nitrogens with zero attached hydrogens (tertiary/aromatic N) is 1. The molecule has 0 aromatic heterocycles. The van der Waals surface area contributed by atoms with Gasteiger partial charge < -0.3 is 5.73 Å². The fourth-order valence-corrected chi connectivity index (χ4v) is 1.12. The summed E-state index contributed by atoms with van der Waals surface area (Å²) in [5, 5.41) is 8.45. The summed E-state index contributed by atoms with van der Waals surface area (Å²) in [6, 6.07) is 2.12. The highest BCUT2D eigenvalue weighted by Crippen LogP contribution is 2.25. The Labute approximate surface area is 63.0 Å². The Morgan fingerprint density at radius 1 is 1.30 bits per heavy atom. The van der Waals surface area contributed by atoms with E-state index in [4.69, 9.17) is 11.0 Å². The van der Waals surface area contributed by atoms with Crippen LogP contribution in [0.4, 0.5) is 0 Å². The molecule has 0 radical (unpaired) electrons. The summed E-state index contributed by atoms with van der Waals surface area (Å²) in [4.78, 5) is 0. The Hall–Kier alpha value is -0.550. The Kier molecular flexibility index (Phi) is 4.06. The predicted octanol–water partition coefficient (Wildman–Crippen LogP) is 1.81. The van der Waals surface area contributed by atoms with Crippen molar-refractivity contribution >= 4 is 0 Å². The third kappa shape index (κ3) is 2.36. The summed E-state index contributed by atoms with van der Waals surface area (Å²) >= 11 is 0. The topological polar surface area (TPSA) is 49.8 Å². The monoisotopic (exact) mass is 140 g/mol. The van der Waals surface area contributed by atoms with E-state index in [9.17, 15) is 0 Å². The summed E-state index contributed by atoms with van der Waals surface area (Å²) in [7, 11) is 0. The van der Waals surface area contributed by atoms with Gasteiger partial charge in [0.1, 0.15) is 5.54 Å². The smallest absolute Gasteiger partial charge is 0.104 e. The molecule has 0 aromatic carbocycles. The molecule has 58 valence electrons. The summed E-state index contributed by atoms with van der Waals surface area (Å²) in [6.07, 6.45) is 4.04. The molecule has 2 heteroatoms. The highest BCUT2D eigenvalue weighted by atomic mass is 14.7. The van der Waals surface area contributed by atoms with Gasteiger partial charge in [-0.25, -0.2) is 0 Å². The molecule has 10 heavy (non-hydrogen) atoms. The average molecular weight is 140 g/mol. The lowest BCUT2D eigenvalue weighted by Gasteiger charge is -2.10. The minimum atomic E-state index is -0.458. The lowest BCUT2D eigenvalue weighted by Crippen LogP contribution is -2.33. The first-order chi connectivity index (χ1) is 4.77. The molecule has 2 nitrogen and oxygen atoms in total. The van der Waals surface area contributed by atoms with Gasteiger partial charge in [-0.2, -0.15) is 5.26 Å². The molecule has 1 fully saturated rings. The Balaban J connectivity index is 0.000000371. The third-order valence-electron chi connectivity index (χ3n) is 1.72. The van der Waals surface area contributed by atoms with E-state index in [2.05, 4.69) is 6.07 Å². The summed E-state index contributed by atoms with van der Waals surface area (Å²) in [5.41, 5.74) is 5.14. The van der Waals surface area contributed by atoms with Crippen molar-refractivity contribution in [2.75, 3.05) is 0 Å². The van der Waals surface area contributed by atoms with Crippen molar-refractivity contribution in [2.45, 2.75) is 45.1 Å². The SMILES string of the molecule is CC.N#CC1(N)CCCC1. The molecule has 1 aliphatic rings. The largest absolute Gasteiger partial charge is 0.313 e. The van der Waals surface area contributed by atoms with Crippen LogP contribution >= 0.6 is 0 Å². The first kappa shape index (κ1) is 9.45. The third-order valence-corrected chi connectivity index (χ3v) is 1.72. The number of nitriles is 1. The van der Waals surface area contributed by atoms with E-state index >= 15 is 0 Å². The first-order valence-corrected chi connectivity index (χ1v) is 3.97. The van der Waals surface area contributed by atoms with E-state index in [1.807, 2.05) is 13.8 Å². The average Bonchev–Trinajstić information content (AvgIpc) is 2.42. The molecule has 0 spiro atoms. The lowest BCUT2D eigenvalue weighted by atomic mass is 10.0. The second-order valence-electron chi connectivity index (χ2n) is 2.48. The van der Waals surface area contributed by atoms with Crippen LogP contribution < -0.4 is 5.73 Å². The van der Waals surface area contributed by atoms with Crippen molar-refractivity contribution in [1.82, 2.24) is 0 Å². The fraction of sp³-hybridized carbons (Fsp3) is 0.875. The molecule has 1 aliphatic carbocycles. The van der Waals surface area contributed by atoms with E-state index in [1.165, 1.54) is 0 Å². The molecule has 1 rings (SSSR count). The van der Waals surface area contributed by atoms with Gasteiger partial charge in [0.25, 0.3) is 0 Å². The minimum Gasteiger partial charge on any atom is -0.313 e. The van der Waals surface area contributed by atoms with Gasteiger partial charge in [-0.05, 0) is 12.8 Å². The first-order valence-electron chi connectivity index (χ1n) is 3.97. The molecule has 1 saturated carbocycles. The molecular weight excluding hydrogens is 124 g/mol. The zero-order valence-electron chi connectivity index (χ0n) is 6.85. The summed E-state index contributed by atoms with van der Waals surface area (Å²) in [6.45, 7) is 4.00. The molecule has 0 amide bonds. The lowest BCUT2D eigenvalue weighted by molar-refractivity contribution is 0.564. The second kappa shape index (κ2) is 4.29. The van der Waals surface area contributed by atoms with Crippen molar-refractivity contribution in [1.29, 1.82) is 5.26 Å². The van der Waals surface area contributed by atoms with Gasteiger partial charge in [0.2, 0.25) is 0 Å². The van der Waals surface area contributed by atoms with E-state index < -0.39 is 5.54 Å². The van der Waals surface area contributed by atoms with Crippen LogP contribution in [0, 0.1) is 11.3 Å². The predicted molar refractivity (Wildman–Crippen MR) is 42.3 cm³/mol. The van der Waals surface area contributed by atoms with Crippen molar-refractivity contribution in [3.05, 3.63) is 0 Å². The quantitative estimate of drug-likeness (QED) is 0.558. The molecule has 0 saturated heterocycles. The molecule has 0 atom stereocenters.